The Morgan fingerprint density at radius 3 is 2.69 bits per heavy atom. The molecule has 29 heavy (non-hydrogen) atoms. The molecule has 2 aliphatic rings. The topological polar surface area (TPSA) is 86.3 Å². The molecule has 2 aliphatic heterocycles. The summed E-state index contributed by atoms with van der Waals surface area (Å²) in [4.78, 5) is 14.6. The van der Waals surface area contributed by atoms with Crippen LogP contribution in [-0.2, 0) is 28.0 Å². The zero-order chi connectivity index (χ0) is 19.8. The number of benzene rings is 1. The van der Waals surface area contributed by atoms with Gasteiger partial charge < -0.3 is 9.64 Å². The highest BCUT2D eigenvalue weighted by atomic mass is 16.6. The molecular weight excluding hydrogens is 370 g/mol. The molecule has 1 spiro atoms. The van der Waals surface area contributed by atoms with E-state index in [1.807, 2.05) is 39.9 Å². The first-order valence-corrected chi connectivity index (χ1v) is 9.99. The number of para-hydroxylation sites is 1. The highest BCUT2D eigenvalue weighted by Gasteiger charge is 2.44. The van der Waals surface area contributed by atoms with E-state index < -0.39 is 5.60 Å². The van der Waals surface area contributed by atoms with E-state index in [2.05, 4.69) is 16.5 Å². The van der Waals surface area contributed by atoms with Crippen LogP contribution in [0.2, 0.25) is 0 Å². The van der Waals surface area contributed by atoms with Gasteiger partial charge in [-0.15, -0.1) is 0 Å². The second kappa shape index (κ2) is 7.11. The van der Waals surface area contributed by atoms with Crippen LogP contribution in [0.25, 0.3) is 5.69 Å². The van der Waals surface area contributed by atoms with Crippen LogP contribution in [0, 0.1) is 6.92 Å². The standard InChI is InChI=1S/C21H23N5O3/c1-15-18(24-29-23-15)13-19(27)25-10-8-21(9-11-25)20-16(7-12-28-21)14-26(22-20)17-5-3-2-4-6-17/h2-6,14H,7-13H2,1H3. The summed E-state index contributed by atoms with van der Waals surface area (Å²) in [5.41, 5.74) is 4.17. The van der Waals surface area contributed by atoms with Gasteiger partial charge in [0.1, 0.15) is 17.0 Å². The molecule has 8 nitrogen and oxygen atoms in total. The lowest BCUT2D eigenvalue weighted by Gasteiger charge is -2.43. The monoisotopic (exact) mass is 393 g/mol. The molecule has 0 N–H and O–H groups in total. The van der Waals surface area contributed by atoms with Gasteiger partial charge in [-0.1, -0.05) is 28.5 Å². The van der Waals surface area contributed by atoms with Crippen LogP contribution < -0.4 is 0 Å². The van der Waals surface area contributed by atoms with Gasteiger partial charge in [-0.2, -0.15) is 5.10 Å². The summed E-state index contributed by atoms with van der Waals surface area (Å²) in [7, 11) is 0. The number of carbonyl (C=O) groups excluding carboxylic acids is 1. The summed E-state index contributed by atoms with van der Waals surface area (Å²) in [5, 5.41) is 12.5. The maximum atomic E-state index is 12.7. The van der Waals surface area contributed by atoms with Gasteiger partial charge >= 0.3 is 0 Å². The number of ether oxygens (including phenoxy) is 1. The van der Waals surface area contributed by atoms with Gasteiger partial charge in [0.15, 0.2) is 0 Å². The van der Waals surface area contributed by atoms with E-state index in [0.717, 1.165) is 30.6 Å². The van der Waals surface area contributed by atoms with Gasteiger partial charge in [0, 0.05) is 19.3 Å². The number of likely N-dealkylation sites (tertiary alicyclic amines) is 1. The van der Waals surface area contributed by atoms with E-state index >= 15 is 0 Å². The minimum absolute atomic E-state index is 0.0458. The summed E-state index contributed by atoms with van der Waals surface area (Å²) in [6, 6.07) is 10.1. The fourth-order valence-electron chi connectivity index (χ4n) is 4.28. The van der Waals surface area contributed by atoms with Crippen molar-refractivity contribution < 1.29 is 14.2 Å². The Kier molecular flexibility index (Phi) is 4.43. The van der Waals surface area contributed by atoms with E-state index in [1.165, 1.54) is 5.56 Å². The van der Waals surface area contributed by atoms with Gasteiger partial charge in [-0.25, -0.2) is 9.31 Å². The Hall–Kier alpha value is -3.00. The number of aryl methyl sites for hydroxylation is 1. The van der Waals surface area contributed by atoms with E-state index in [4.69, 9.17) is 14.5 Å². The first-order chi connectivity index (χ1) is 14.1. The van der Waals surface area contributed by atoms with Crippen LogP contribution in [0.1, 0.15) is 35.5 Å². The molecule has 1 fully saturated rings. The van der Waals surface area contributed by atoms with Gasteiger partial charge in [0.05, 0.1) is 24.4 Å². The van der Waals surface area contributed by atoms with Crippen molar-refractivity contribution in [2.75, 3.05) is 19.7 Å². The Balaban J connectivity index is 1.33. The number of nitrogens with zero attached hydrogens (tertiary/aromatic N) is 5. The normalized spacial score (nSPS) is 18.0. The average molecular weight is 393 g/mol. The molecule has 0 atom stereocenters. The van der Waals surface area contributed by atoms with E-state index in [1.54, 1.807) is 6.92 Å². The molecule has 0 radical (unpaired) electrons. The summed E-state index contributed by atoms with van der Waals surface area (Å²) in [5.74, 6) is 0.0458. The number of rotatable bonds is 3. The quantitative estimate of drug-likeness (QED) is 0.678. The highest BCUT2D eigenvalue weighted by Crippen LogP contribution is 2.41. The van der Waals surface area contributed by atoms with Gasteiger partial charge in [-0.3, -0.25) is 4.79 Å². The van der Waals surface area contributed by atoms with E-state index in [-0.39, 0.29) is 12.3 Å². The molecule has 1 amide bonds. The highest BCUT2D eigenvalue weighted by molar-refractivity contribution is 5.78. The van der Waals surface area contributed by atoms with Crippen molar-refractivity contribution in [1.29, 1.82) is 0 Å². The number of hydrogen-bond acceptors (Lipinski definition) is 6. The Morgan fingerprint density at radius 1 is 1.17 bits per heavy atom. The van der Waals surface area contributed by atoms with Gasteiger partial charge in [0.25, 0.3) is 0 Å². The van der Waals surface area contributed by atoms with Crippen LogP contribution in [0.15, 0.2) is 41.2 Å². The van der Waals surface area contributed by atoms with Crippen LogP contribution in [0.4, 0.5) is 0 Å². The maximum Gasteiger partial charge on any atom is 0.228 e. The smallest absolute Gasteiger partial charge is 0.228 e. The molecule has 5 rings (SSSR count). The average Bonchev–Trinajstić information content (AvgIpc) is 3.37. The molecular formula is C21H23N5O3. The summed E-state index contributed by atoms with van der Waals surface area (Å²) < 4.78 is 12.9. The minimum atomic E-state index is -0.407. The molecule has 150 valence electrons. The van der Waals surface area contributed by atoms with Crippen LogP contribution in [-0.4, -0.2) is 50.6 Å². The lowest BCUT2D eigenvalue weighted by Crippen LogP contribution is -2.48. The molecule has 0 bridgehead atoms. The van der Waals surface area contributed by atoms with Gasteiger partial charge in [0.2, 0.25) is 5.91 Å². The number of aromatic nitrogens is 4. The van der Waals surface area contributed by atoms with Crippen molar-refractivity contribution in [2.24, 2.45) is 0 Å². The van der Waals surface area contributed by atoms with Crippen molar-refractivity contribution in [3.05, 3.63) is 59.2 Å². The third-order valence-electron chi connectivity index (χ3n) is 5.98. The molecule has 3 aromatic rings. The zero-order valence-corrected chi connectivity index (χ0v) is 16.4. The fourth-order valence-corrected chi connectivity index (χ4v) is 4.28. The molecule has 1 saturated heterocycles. The Morgan fingerprint density at radius 2 is 1.97 bits per heavy atom. The predicted octanol–water partition coefficient (Wildman–Crippen LogP) is 2.20. The molecule has 8 heteroatoms. The third kappa shape index (κ3) is 3.23. The third-order valence-corrected chi connectivity index (χ3v) is 5.98. The summed E-state index contributed by atoms with van der Waals surface area (Å²) in [6.07, 6.45) is 4.69. The first kappa shape index (κ1) is 18.1. The molecule has 1 aromatic carbocycles. The number of fused-ring (bicyclic) bond motifs is 2. The van der Waals surface area contributed by atoms with Crippen molar-refractivity contribution in [2.45, 2.75) is 38.2 Å². The Bertz CT molecular complexity index is 1020. The van der Waals surface area contributed by atoms with Crippen molar-refractivity contribution in [3.63, 3.8) is 0 Å². The van der Waals surface area contributed by atoms with Crippen molar-refractivity contribution in [1.82, 2.24) is 25.0 Å². The lowest BCUT2D eigenvalue weighted by atomic mass is 9.83. The molecule has 4 heterocycles. The lowest BCUT2D eigenvalue weighted by molar-refractivity contribution is -0.140. The largest absolute Gasteiger partial charge is 0.368 e. The second-order valence-electron chi connectivity index (χ2n) is 7.73. The van der Waals surface area contributed by atoms with Crippen LogP contribution in [0.3, 0.4) is 0 Å². The molecule has 2 aromatic heterocycles. The second-order valence-corrected chi connectivity index (χ2v) is 7.73. The Labute approximate surface area is 168 Å². The van der Waals surface area contributed by atoms with Crippen LogP contribution >= 0.6 is 0 Å². The zero-order valence-electron chi connectivity index (χ0n) is 16.4. The van der Waals surface area contributed by atoms with Gasteiger partial charge in [-0.05, 0) is 43.9 Å². The predicted molar refractivity (Wildman–Crippen MR) is 103 cm³/mol. The fraction of sp³-hybridized carbons (Fsp3) is 0.429. The number of hydrogen-bond donors (Lipinski definition) is 0. The maximum absolute atomic E-state index is 12.7. The minimum Gasteiger partial charge on any atom is -0.368 e. The van der Waals surface area contributed by atoms with Crippen LogP contribution in [0.5, 0.6) is 0 Å². The first-order valence-electron chi connectivity index (χ1n) is 9.99. The SMILES string of the molecule is Cc1nonc1CC(=O)N1CCC2(CC1)OCCc1cn(-c3ccccc3)nc12. The van der Waals surface area contributed by atoms with E-state index in [0.29, 0.717) is 31.1 Å². The summed E-state index contributed by atoms with van der Waals surface area (Å²) >= 11 is 0. The number of amides is 1. The number of piperidine rings is 1. The number of carbonyl (C=O) groups is 1. The van der Waals surface area contributed by atoms with E-state index in [9.17, 15) is 4.79 Å². The molecule has 0 unspecified atom stereocenters. The van der Waals surface area contributed by atoms with Crippen molar-refractivity contribution >= 4 is 5.91 Å². The summed E-state index contributed by atoms with van der Waals surface area (Å²) in [6.45, 7) is 3.76. The molecule has 0 saturated carbocycles. The molecule has 0 aliphatic carbocycles. The van der Waals surface area contributed by atoms with Crippen molar-refractivity contribution in [3.8, 4) is 5.69 Å².